The molecule has 1 aromatic heterocycles. The molecule has 5 rings (SSSR count). The van der Waals surface area contributed by atoms with E-state index in [0.29, 0.717) is 44.5 Å². The number of nitrogens with one attached hydrogen (secondary N) is 3. The molecule has 2 amide bonds. The second kappa shape index (κ2) is 9.73. The average molecular weight is 482 g/mol. The van der Waals surface area contributed by atoms with Crippen molar-refractivity contribution < 1.29 is 18.4 Å². The van der Waals surface area contributed by atoms with E-state index in [-0.39, 0.29) is 24.3 Å². The van der Waals surface area contributed by atoms with Gasteiger partial charge in [0.1, 0.15) is 17.5 Å². The number of hydrogen-bond acceptors (Lipinski definition) is 4. The Hall–Kier alpha value is -3.33. The fourth-order valence-electron chi connectivity index (χ4n) is 5.54. The molecule has 0 bridgehead atoms. The van der Waals surface area contributed by atoms with Crippen LogP contribution in [0, 0.1) is 11.6 Å². The van der Waals surface area contributed by atoms with Crippen molar-refractivity contribution in [1.82, 2.24) is 25.5 Å². The number of H-pyrrole nitrogens is 1. The Morgan fingerprint density at radius 3 is 2.77 bits per heavy atom. The van der Waals surface area contributed by atoms with Gasteiger partial charge in [-0.15, -0.1) is 0 Å². The van der Waals surface area contributed by atoms with Crippen LogP contribution in [-0.2, 0) is 16.0 Å². The lowest BCUT2D eigenvalue weighted by atomic mass is 9.79. The van der Waals surface area contributed by atoms with Gasteiger partial charge in [0.25, 0.3) is 0 Å². The Balaban J connectivity index is 1.25. The van der Waals surface area contributed by atoms with Gasteiger partial charge in [0, 0.05) is 44.5 Å². The highest BCUT2D eigenvalue weighted by Gasteiger charge is 2.49. The molecule has 2 saturated heterocycles. The summed E-state index contributed by atoms with van der Waals surface area (Å²) < 4.78 is 28.1. The van der Waals surface area contributed by atoms with E-state index >= 15 is 0 Å². The van der Waals surface area contributed by atoms with Gasteiger partial charge in [-0.1, -0.05) is 18.6 Å². The van der Waals surface area contributed by atoms with Gasteiger partial charge in [-0.25, -0.2) is 13.8 Å². The van der Waals surface area contributed by atoms with Gasteiger partial charge >= 0.3 is 0 Å². The molecule has 0 saturated carbocycles. The summed E-state index contributed by atoms with van der Waals surface area (Å²) in [5.41, 5.74) is 1.71. The van der Waals surface area contributed by atoms with Gasteiger partial charge in [-0.2, -0.15) is 0 Å². The number of imidazole rings is 1. The first-order valence-electron chi connectivity index (χ1n) is 12.1. The van der Waals surface area contributed by atoms with Crippen LogP contribution in [0.15, 0.2) is 42.5 Å². The number of para-hydroxylation sites is 2. The molecule has 3 N–H and O–H groups in total. The van der Waals surface area contributed by atoms with Crippen molar-refractivity contribution in [3.63, 3.8) is 0 Å². The standard InChI is InChI=1S/C26H29F2N5O2/c27-18-11-17(12-19(28)13-18)20-14-33(16-26(20)9-4-3-7-24(34)32-26)15-25(35)29-10-8-23-30-21-5-1-2-6-22(21)31-23/h1-2,5-6,11-13,20H,3-4,7-10,14-16H2,(H,29,35)(H,30,31)(H,32,34)/t20-,26+/m0/s1. The number of aromatic nitrogens is 2. The molecule has 3 aromatic rings. The third-order valence-electron chi connectivity index (χ3n) is 7.06. The van der Waals surface area contributed by atoms with E-state index in [1.807, 2.05) is 29.2 Å². The van der Waals surface area contributed by atoms with E-state index in [1.54, 1.807) is 0 Å². The molecule has 2 aliphatic heterocycles. The minimum atomic E-state index is -0.650. The largest absolute Gasteiger partial charge is 0.355 e. The molecule has 184 valence electrons. The summed E-state index contributed by atoms with van der Waals surface area (Å²) in [5, 5.41) is 6.09. The summed E-state index contributed by atoms with van der Waals surface area (Å²) in [6.07, 6.45) is 3.33. The number of nitrogens with zero attached hydrogens (tertiary/aromatic N) is 2. The predicted molar refractivity (Wildman–Crippen MR) is 128 cm³/mol. The molecular formula is C26H29F2N5O2. The Kier molecular flexibility index (Phi) is 6.51. The van der Waals surface area contributed by atoms with Crippen molar-refractivity contribution in [2.75, 3.05) is 26.2 Å². The van der Waals surface area contributed by atoms with Crippen LogP contribution in [0.25, 0.3) is 11.0 Å². The quantitative estimate of drug-likeness (QED) is 0.505. The maximum Gasteiger partial charge on any atom is 0.234 e. The van der Waals surface area contributed by atoms with Gasteiger partial charge in [0.05, 0.1) is 23.1 Å². The predicted octanol–water partition coefficient (Wildman–Crippen LogP) is 3.03. The first-order chi connectivity index (χ1) is 16.9. The van der Waals surface area contributed by atoms with E-state index in [9.17, 15) is 18.4 Å². The summed E-state index contributed by atoms with van der Waals surface area (Å²) in [6.45, 7) is 1.47. The highest BCUT2D eigenvalue weighted by atomic mass is 19.1. The number of carbonyl (C=O) groups is 2. The van der Waals surface area contributed by atoms with Crippen molar-refractivity contribution in [2.45, 2.75) is 43.6 Å². The van der Waals surface area contributed by atoms with Crippen LogP contribution in [0.5, 0.6) is 0 Å². The van der Waals surface area contributed by atoms with Crippen LogP contribution in [0.3, 0.4) is 0 Å². The number of halogens is 2. The Morgan fingerprint density at radius 1 is 1.17 bits per heavy atom. The first-order valence-corrected chi connectivity index (χ1v) is 12.1. The lowest BCUT2D eigenvalue weighted by Crippen LogP contribution is -2.53. The van der Waals surface area contributed by atoms with Crippen LogP contribution >= 0.6 is 0 Å². The smallest absolute Gasteiger partial charge is 0.234 e. The maximum atomic E-state index is 14.0. The Labute approximate surface area is 202 Å². The number of aromatic amines is 1. The number of likely N-dealkylation sites (tertiary alicyclic amines) is 1. The van der Waals surface area contributed by atoms with Crippen LogP contribution in [-0.4, -0.2) is 58.4 Å². The molecule has 35 heavy (non-hydrogen) atoms. The lowest BCUT2D eigenvalue weighted by Gasteiger charge is -2.35. The summed E-state index contributed by atoms with van der Waals surface area (Å²) in [7, 11) is 0. The molecule has 1 spiro atoms. The Bertz CT molecular complexity index is 1190. The molecule has 0 radical (unpaired) electrons. The van der Waals surface area contributed by atoms with E-state index in [1.165, 1.54) is 12.1 Å². The lowest BCUT2D eigenvalue weighted by molar-refractivity contribution is -0.122. The maximum absolute atomic E-state index is 14.0. The van der Waals surface area contributed by atoms with Crippen LogP contribution < -0.4 is 10.6 Å². The fourth-order valence-corrected chi connectivity index (χ4v) is 5.54. The van der Waals surface area contributed by atoms with E-state index in [2.05, 4.69) is 20.6 Å². The van der Waals surface area contributed by atoms with Crippen molar-refractivity contribution in [3.05, 3.63) is 65.5 Å². The molecule has 2 fully saturated rings. The normalized spacial score (nSPS) is 22.9. The highest BCUT2D eigenvalue weighted by molar-refractivity contribution is 5.79. The zero-order valence-corrected chi connectivity index (χ0v) is 19.4. The number of rotatable bonds is 6. The molecule has 0 unspecified atom stereocenters. The van der Waals surface area contributed by atoms with Gasteiger partial charge in [-0.05, 0) is 42.7 Å². The molecule has 7 nitrogen and oxygen atoms in total. The van der Waals surface area contributed by atoms with Gasteiger partial charge in [-0.3, -0.25) is 14.5 Å². The minimum absolute atomic E-state index is 0.0542. The summed E-state index contributed by atoms with van der Waals surface area (Å²) in [4.78, 5) is 34.9. The molecule has 2 aromatic carbocycles. The molecule has 2 atom stereocenters. The number of fused-ring (bicyclic) bond motifs is 1. The zero-order valence-electron chi connectivity index (χ0n) is 19.4. The average Bonchev–Trinajstić information content (AvgIpc) is 3.31. The molecular weight excluding hydrogens is 452 g/mol. The summed E-state index contributed by atoms with van der Waals surface area (Å²) in [5.74, 6) is -0.975. The second-order valence-corrected chi connectivity index (χ2v) is 9.64. The van der Waals surface area contributed by atoms with E-state index in [4.69, 9.17) is 0 Å². The minimum Gasteiger partial charge on any atom is -0.355 e. The number of carbonyl (C=O) groups excluding carboxylic acids is 2. The number of benzene rings is 2. The van der Waals surface area contributed by atoms with Crippen LogP contribution in [0.4, 0.5) is 8.78 Å². The fraction of sp³-hybridized carbons (Fsp3) is 0.423. The zero-order chi connectivity index (χ0) is 24.4. The molecule has 9 heteroatoms. The Morgan fingerprint density at radius 2 is 1.97 bits per heavy atom. The third kappa shape index (κ3) is 5.19. The highest BCUT2D eigenvalue weighted by Crippen LogP contribution is 2.41. The second-order valence-electron chi connectivity index (χ2n) is 9.64. The molecule has 2 aliphatic rings. The van der Waals surface area contributed by atoms with Crippen LogP contribution in [0.1, 0.15) is 43.0 Å². The van der Waals surface area contributed by atoms with Crippen molar-refractivity contribution in [3.8, 4) is 0 Å². The van der Waals surface area contributed by atoms with Crippen molar-refractivity contribution in [1.29, 1.82) is 0 Å². The monoisotopic (exact) mass is 481 g/mol. The van der Waals surface area contributed by atoms with Gasteiger partial charge in [0.15, 0.2) is 0 Å². The van der Waals surface area contributed by atoms with E-state index in [0.717, 1.165) is 35.8 Å². The van der Waals surface area contributed by atoms with Gasteiger partial charge in [0.2, 0.25) is 11.8 Å². The topological polar surface area (TPSA) is 90.1 Å². The molecule has 0 aliphatic carbocycles. The SMILES string of the molecule is O=C(CN1C[C@@H](c2cc(F)cc(F)c2)[C@@]2(CCCCC(=O)N2)C1)NCCc1nc2ccccc2[nH]1. The number of amides is 2. The van der Waals surface area contributed by atoms with Crippen molar-refractivity contribution >= 4 is 22.8 Å². The van der Waals surface area contributed by atoms with E-state index < -0.39 is 17.2 Å². The summed E-state index contributed by atoms with van der Waals surface area (Å²) in [6, 6.07) is 11.3. The number of hydrogen-bond donors (Lipinski definition) is 3. The van der Waals surface area contributed by atoms with Gasteiger partial charge < -0.3 is 15.6 Å². The third-order valence-corrected chi connectivity index (χ3v) is 7.06. The van der Waals surface area contributed by atoms with Crippen molar-refractivity contribution in [2.24, 2.45) is 0 Å². The van der Waals surface area contributed by atoms with Crippen LogP contribution in [0.2, 0.25) is 0 Å². The molecule has 3 heterocycles. The summed E-state index contributed by atoms with van der Waals surface area (Å²) >= 11 is 0. The first kappa shape index (κ1) is 23.4.